The molecule has 0 saturated heterocycles. The van der Waals surface area contributed by atoms with Crippen LogP contribution in [0.25, 0.3) is 0 Å². The monoisotopic (exact) mass is 320 g/mol. The minimum Gasteiger partial charge on any atom is -0.395 e. The summed E-state index contributed by atoms with van der Waals surface area (Å²) in [7, 11) is -3.54. The van der Waals surface area contributed by atoms with E-state index in [9.17, 15) is 17.2 Å². The summed E-state index contributed by atoms with van der Waals surface area (Å²) in [5, 5.41) is 8.91. The molecule has 2 N–H and O–H groups in total. The van der Waals surface area contributed by atoms with E-state index >= 15 is 0 Å². The Bertz CT molecular complexity index is 559. The van der Waals surface area contributed by atoms with E-state index in [2.05, 4.69) is 4.72 Å². The van der Waals surface area contributed by atoms with Crippen molar-refractivity contribution in [2.45, 2.75) is 30.2 Å². The molecule has 1 aliphatic rings. The second kappa shape index (κ2) is 6.67. The van der Waals surface area contributed by atoms with Gasteiger partial charge in [0.15, 0.2) is 0 Å². The van der Waals surface area contributed by atoms with Gasteiger partial charge in [0.05, 0.1) is 18.0 Å². The summed E-state index contributed by atoms with van der Waals surface area (Å²) in [5.41, 5.74) is 0.453. The minimum absolute atomic E-state index is 0.0133. The predicted octanol–water partition coefficient (Wildman–Crippen LogP) is 1.19. The third-order valence-electron chi connectivity index (χ3n) is 3.14. The molecule has 2 rings (SSSR count). The fourth-order valence-corrected chi connectivity index (χ4v) is 3.24. The first-order chi connectivity index (χ1) is 9.92. The fourth-order valence-electron chi connectivity index (χ4n) is 1.94. The van der Waals surface area contributed by atoms with Gasteiger partial charge >= 0.3 is 0 Å². The smallest absolute Gasteiger partial charge is 0.255 e. The number of alkyl halides is 2. The highest BCUT2D eigenvalue weighted by Gasteiger charge is 2.28. The van der Waals surface area contributed by atoms with Crippen LogP contribution in [0.15, 0.2) is 29.2 Å². The lowest BCUT2D eigenvalue weighted by Crippen LogP contribution is -2.31. The molecule has 0 aromatic heterocycles. The van der Waals surface area contributed by atoms with E-state index in [1.54, 1.807) is 0 Å². The van der Waals surface area contributed by atoms with Crippen molar-refractivity contribution in [3.8, 4) is 0 Å². The number of hydrogen-bond donors (Lipinski definition) is 2. The maximum absolute atomic E-state index is 12.5. The Labute approximate surface area is 122 Å². The van der Waals surface area contributed by atoms with Crippen LogP contribution in [0.4, 0.5) is 14.5 Å². The van der Waals surface area contributed by atoms with Gasteiger partial charge in [-0.2, -0.15) is 0 Å². The van der Waals surface area contributed by atoms with Crippen molar-refractivity contribution in [1.29, 1.82) is 0 Å². The maximum Gasteiger partial charge on any atom is 0.255 e. The second-order valence-electron chi connectivity index (χ2n) is 4.95. The molecule has 8 heteroatoms. The van der Waals surface area contributed by atoms with Crippen molar-refractivity contribution in [2.24, 2.45) is 0 Å². The average molecular weight is 320 g/mol. The molecule has 5 nitrogen and oxygen atoms in total. The van der Waals surface area contributed by atoms with Crippen molar-refractivity contribution < 1.29 is 22.3 Å². The summed E-state index contributed by atoms with van der Waals surface area (Å²) in [6.45, 7) is -0.695. The van der Waals surface area contributed by atoms with E-state index in [4.69, 9.17) is 5.11 Å². The molecule has 0 heterocycles. The van der Waals surface area contributed by atoms with Gasteiger partial charge in [-0.25, -0.2) is 21.9 Å². The van der Waals surface area contributed by atoms with Crippen LogP contribution in [0.1, 0.15) is 12.8 Å². The molecule has 118 valence electrons. The average Bonchev–Trinajstić information content (AvgIpc) is 3.21. The number of hydrogen-bond acceptors (Lipinski definition) is 4. The number of nitrogens with one attached hydrogen (secondary N) is 1. The maximum atomic E-state index is 12.5. The van der Waals surface area contributed by atoms with Gasteiger partial charge in [-0.3, -0.25) is 0 Å². The molecular weight excluding hydrogens is 302 g/mol. The predicted molar refractivity (Wildman–Crippen MR) is 75.1 cm³/mol. The van der Waals surface area contributed by atoms with Crippen molar-refractivity contribution in [3.63, 3.8) is 0 Å². The number of anilines is 1. The van der Waals surface area contributed by atoms with E-state index < -0.39 is 23.0 Å². The highest BCUT2D eigenvalue weighted by atomic mass is 32.2. The van der Waals surface area contributed by atoms with E-state index in [0.29, 0.717) is 5.69 Å². The third kappa shape index (κ3) is 4.62. The molecule has 0 amide bonds. The first-order valence-corrected chi connectivity index (χ1v) is 8.17. The van der Waals surface area contributed by atoms with Gasteiger partial charge in [0.1, 0.15) is 0 Å². The lowest BCUT2D eigenvalue weighted by atomic mass is 10.3. The van der Waals surface area contributed by atoms with Crippen LogP contribution in [-0.2, 0) is 10.0 Å². The highest BCUT2D eigenvalue weighted by molar-refractivity contribution is 7.89. The third-order valence-corrected chi connectivity index (χ3v) is 4.68. The normalized spacial score (nSPS) is 15.4. The number of aliphatic hydroxyl groups excluding tert-OH is 1. The van der Waals surface area contributed by atoms with E-state index in [1.165, 1.54) is 29.2 Å². The number of nitrogens with zero attached hydrogens (tertiary/aromatic N) is 1. The summed E-state index contributed by atoms with van der Waals surface area (Å²) in [5.74, 6) is 0. The van der Waals surface area contributed by atoms with Crippen LogP contribution < -0.4 is 9.62 Å². The Kier molecular flexibility index (Phi) is 5.13. The zero-order valence-corrected chi connectivity index (χ0v) is 12.2. The largest absolute Gasteiger partial charge is 0.395 e. The van der Waals surface area contributed by atoms with Crippen molar-refractivity contribution >= 4 is 15.7 Å². The fraction of sp³-hybridized carbons (Fsp3) is 0.538. The summed E-state index contributed by atoms with van der Waals surface area (Å²) in [6, 6.07) is 5.73. The van der Waals surface area contributed by atoms with Crippen LogP contribution in [0.5, 0.6) is 0 Å². The molecule has 0 spiro atoms. The van der Waals surface area contributed by atoms with Crippen molar-refractivity contribution in [3.05, 3.63) is 24.3 Å². The van der Waals surface area contributed by atoms with Gasteiger partial charge in [-0.05, 0) is 37.1 Å². The van der Waals surface area contributed by atoms with Crippen LogP contribution in [-0.4, -0.2) is 45.7 Å². The molecule has 0 bridgehead atoms. The van der Waals surface area contributed by atoms with Gasteiger partial charge in [0.25, 0.3) is 6.43 Å². The Morgan fingerprint density at radius 3 is 2.38 bits per heavy atom. The highest BCUT2D eigenvalue weighted by Crippen LogP contribution is 2.23. The Morgan fingerprint density at radius 1 is 1.29 bits per heavy atom. The SMILES string of the molecule is O=S(=O)(NC1CC1)c1ccc(N(CCO)CC(F)F)cc1. The first-order valence-electron chi connectivity index (χ1n) is 6.69. The molecular formula is C13H18F2N2O3S. The number of benzene rings is 1. The van der Waals surface area contributed by atoms with Gasteiger partial charge in [0.2, 0.25) is 10.0 Å². The van der Waals surface area contributed by atoms with Gasteiger partial charge in [-0.1, -0.05) is 0 Å². The molecule has 21 heavy (non-hydrogen) atoms. The summed E-state index contributed by atoms with van der Waals surface area (Å²) in [4.78, 5) is 1.43. The first kappa shape index (κ1) is 16.1. The van der Waals surface area contributed by atoms with Gasteiger partial charge in [-0.15, -0.1) is 0 Å². The molecule has 1 fully saturated rings. The zero-order valence-electron chi connectivity index (χ0n) is 11.4. The Morgan fingerprint density at radius 2 is 1.90 bits per heavy atom. The Balaban J connectivity index is 2.12. The summed E-state index contributed by atoms with van der Waals surface area (Å²) >= 11 is 0. The molecule has 1 aromatic rings. The molecule has 0 aliphatic heterocycles. The van der Waals surface area contributed by atoms with Crippen LogP contribution in [0.2, 0.25) is 0 Å². The molecule has 0 unspecified atom stereocenters. The number of sulfonamides is 1. The second-order valence-corrected chi connectivity index (χ2v) is 6.66. The van der Waals surface area contributed by atoms with E-state index in [1.807, 2.05) is 0 Å². The van der Waals surface area contributed by atoms with Crippen LogP contribution >= 0.6 is 0 Å². The molecule has 1 aromatic carbocycles. The van der Waals surface area contributed by atoms with E-state index in [-0.39, 0.29) is 24.1 Å². The number of halogens is 2. The van der Waals surface area contributed by atoms with Crippen molar-refractivity contribution in [2.75, 3.05) is 24.6 Å². The zero-order chi connectivity index (χ0) is 15.5. The van der Waals surface area contributed by atoms with Crippen molar-refractivity contribution in [1.82, 2.24) is 4.72 Å². The quantitative estimate of drug-likeness (QED) is 0.755. The molecule has 1 aliphatic carbocycles. The Hall–Kier alpha value is -1.25. The number of rotatable bonds is 8. The minimum atomic E-state index is -3.54. The lowest BCUT2D eigenvalue weighted by molar-refractivity contribution is 0.153. The molecule has 0 radical (unpaired) electrons. The van der Waals surface area contributed by atoms with Crippen LogP contribution in [0, 0.1) is 0 Å². The summed E-state index contributed by atoms with van der Waals surface area (Å²) in [6.07, 6.45) is -0.845. The molecule has 0 atom stereocenters. The number of aliphatic hydroxyl groups is 1. The van der Waals surface area contributed by atoms with E-state index in [0.717, 1.165) is 12.8 Å². The van der Waals surface area contributed by atoms with Crippen LogP contribution in [0.3, 0.4) is 0 Å². The van der Waals surface area contributed by atoms with Gasteiger partial charge < -0.3 is 10.0 Å². The topological polar surface area (TPSA) is 69.6 Å². The lowest BCUT2D eigenvalue weighted by Gasteiger charge is -2.23. The van der Waals surface area contributed by atoms with Gasteiger partial charge in [0, 0.05) is 18.3 Å². The summed E-state index contributed by atoms with van der Waals surface area (Å²) < 4.78 is 51.5. The standard InChI is InChI=1S/C13H18F2N2O3S/c14-13(15)9-17(7-8-18)11-3-5-12(6-4-11)21(19,20)16-10-1-2-10/h3-6,10,13,16,18H,1-2,7-9H2. The molecule has 1 saturated carbocycles.